The molecule has 0 bridgehead atoms. The minimum absolute atomic E-state index is 0.154. The van der Waals surface area contributed by atoms with Crippen molar-refractivity contribution in [1.82, 2.24) is 4.31 Å². The molecule has 4 nitrogen and oxygen atoms in total. The summed E-state index contributed by atoms with van der Waals surface area (Å²) < 4.78 is 25.0. The van der Waals surface area contributed by atoms with Crippen LogP contribution in [-0.2, 0) is 10.0 Å². The van der Waals surface area contributed by atoms with Crippen LogP contribution in [0.1, 0.15) is 5.56 Å². The van der Waals surface area contributed by atoms with Gasteiger partial charge in [-0.3, -0.25) is 0 Å². The second kappa shape index (κ2) is 5.12. The van der Waals surface area contributed by atoms with Crippen LogP contribution >= 0.6 is 0 Å². The predicted molar refractivity (Wildman–Crippen MR) is 61.3 cm³/mol. The molecule has 16 heavy (non-hydrogen) atoms. The quantitative estimate of drug-likeness (QED) is 0.754. The highest BCUT2D eigenvalue weighted by Crippen LogP contribution is 2.17. The zero-order valence-electron chi connectivity index (χ0n) is 9.14. The van der Waals surface area contributed by atoms with Crippen molar-refractivity contribution in [2.24, 2.45) is 0 Å². The summed E-state index contributed by atoms with van der Waals surface area (Å²) in [5.41, 5.74) is 0.394. The standard InChI is InChI=1S/C11H13NO3S/c1-12(2)16(14,15)11-8-4-3-6-10(11)7-5-9-13/h3-4,6,8,13H,9H2,1-2H3. The summed E-state index contributed by atoms with van der Waals surface area (Å²) in [5, 5.41) is 8.60. The van der Waals surface area contributed by atoms with E-state index in [1.54, 1.807) is 18.2 Å². The molecule has 0 aliphatic heterocycles. The largest absolute Gasteiger partial charge is 0.384 e. The highest BCUT2D eigenvalue weighted by molar-refractivity contribution is 7.89. The van der Waals surface area contributed by atoms with Gasteiger partial charge in [0.25, 0.3) is 0 Å². The smallest absolute Gasteiger partial charge is 0.243 e. The maximum absolute atomic E-state index is 11.9. The molecule has 0 heterocycles. The highest BCUT2D eigenvalue weighted by Gasteiger charge is 2.19. The van der Waals surface area contributed by atoms with E-state index in [9.17, 15) is 8.42 Å². The lowest BCUT2D eigenvalue weighted by Gasteiger charge is -2.12. The zero-order valence-corrected chi connectivity index (χ0v) is 9.95. The third kappa shape index (κ3) is 2.61. The molecule has 1 rings (SSSR count). The van der Waals surface area contributed by atoms with E-state index in [1.807, 2.05) is 0 Å². The fraction of sp³-hybridized carbons (Fsp3) is 0.273. The summed E-state index contributed by atoms with van der Waals surface area (Å²) >= 11 is 0. The molecule has 86 valence electrons. The van der Waals surface area contributed by atoms with Gasteiger partial charge in [-0.25, -0.2) is 12.7 Å². The number of benzene rings is 1. The molecule has 0 spiro atoms. The Morgan fingerprint density at radius 2 is 1.94 bits per heavy atom. The Hall–Kier alpha value is -1.35. The van der Waals surface area contributed by atoms with E-state index in [1.165, 1.54) is 20.2 Å². The van der Waals surface area contributed by atoms with Gasteiger partial charge in [-0.2, -0.15) is 0 Å². The number of hydrogen-bond donors (Lipinski definition) is 1. The van der Waals surface area contributed by atoms with Gasteiger partial charge in [0.2, 0.25) is 10.0 Å². The summed E-state index contributed by atoms with van der Waals surface area (Å²) in [5.74, 6) is 5.06. The topological polar surface area (TPSA) is 57.6 Å². The Balaban J connectivity index is 3.35. The van der Waals surface area contributed by atoms with Gasteiger partial charge in [0, 0.05) is 19.7 Å². The molecule has 0 aliphatic rings. The fourth-order valence-electron chi connectivity index (χ4n) is 1.13. The first-order chi connectivity index (χ1) is 7.50. The predicted octanol–water partition coefficient (Wildman–Crippen LogP) is 0.281. The number of rotatable bonds is 2. The molecule has 0 saturated heterocycles. The molecule has 1 aromatic carbocycles. The first kappa shape index (κ1) is 12.7. The fourth-order valence-corrected chi connectivity index (χ4v) is 2.17. The molecule has 0 aliphatic carbocycles. The molecule has 1 N–H and O–H groups in total. The van der Waals surface area contributed by atoms with Crippen LogP contribution in [0.2, 0.25) is 0 Å². The van der Waals surface area contributed by atoms with Crippen LogP contribution in [0, 0.1) is 11.8 Å². The van der Waals surface area contributed by atoms with Crippen molar-refractivity contribution in [2.75, 3.05) is 20.7 Å². The first-order valence-corrected chi connectivity index (χ1v) is 6.05. The van der Waals surface area contributed by atoms with Gasteiger partial charge < -0.3 is 5.11 Å². The van der Waals surface area contributed by atoms with Crippen molar-refractivity contribution in [1.29, 1.82) is 0 Å². The Labute approximate surface area is 95.6 Å². The third-order valence-corrected chi connectivity index (χ3v) is 3.82. The van der Waals surface area contributed by atoms with E-state index in [2.05, 4.69) is 11.8 Å². The van der Waals surface area contributed by atoms with E-state index >= 15 is 0 Å². The number of aliphatic hydroxyl groups is 1. The number of sulfonamides is 1. The maximum atomic E-state index is 11.9. The summed E-state index contributed by atoms with van der Waals surface area (Å²) in [4.78, 5) is 0.154. The molecule has 5 heteroatoms. The summed E-state index contributed by atoms with van der Waals surface area (Å²) in [6.45, 7) is -0.295. The van der Waals surface area contributed by atoms with Crippen molar-refractivity contribution in [2.45, 2.75) is 4.90 Å². The molecular weight excluding hydrogens is 226 g/mol. The number of aliphatic hydroxyl groups excluding tert-OH is 1. The summed E-state index contributed by atoms with van der Waals surface area (Å²) in [6.07, 6.45) is 0. The van der Waals surface area contributed by atoms with Crippen LogP contribution in [0.5, 0.6) is 0 Å². The van der Waals surface area contributed by atoms with E-state index in [0.29, 0.717) is 5.56 Å². The molecule has 0 amide bonds. The minimum atomic E-state index is -3.49. The van der Waals surface area contributed by atoms with Gasteiger partial charge in [0.1, 0.15) is 6.61 Å². The van der Waals surface area contributed by atoms with Crippen molar-refractivity contribution < 1.29 is 13.5 Å². The lowest BCUT2D eigenvalue weighted by molar-refractivity contribution is 0.350. The van der Waals surface area contributed by atoms with E-state index in [4.69, 9.17) is 5.11 Å². The second-order valence-electron chi connectivity index (χ2n) is 3.24. The average Bonchev–Trinajstić information content (AvgIpc) is 2.26. The van der Waals surface area contributed by atoms with Crippen LogP contribution < -0.4 is 0 Å². The third-order valence-electron chi connectivity index (χ3n) is 1.95. The average molecular weight is 239 g/mol. The van der Waals surface area contributed by atoms with E-state index in [-0.39, 0.29) is 11.5 Å². The molecule has 0 fully saturated rings. The highest BCUT2D eigenvalue weighted by atomic mass is 32.2. The second-order valence-corrected chi connectivity index (χ2v) is 5.36. The van der Waals surface area contributed by atoms with Crippen molar-refractivity contribution in [3.63, 3.8) is 0 Å². The lowest BCUT2D eigenvalue weighted by atomic mass is 10.2. The van der Waals surface area contributed by atoms with Crippen LogP contribution in [0.3, 0.4) is 0 Å². The zero-order chi connectivity index (χ0) is 12.2. The van der Waals surface area contributed by atoms with Crippen molar-refractivity contribution in [3.05, 3.63) is 29.8 Å². The summed E-state index contributed by atoms with van der Waals surface area (Å²) in [6, 6.07) is 6.45. The van der Waals surface area contributed by atoms with Gasteiger partial charge in [-0.05, 0) is 12.1 Å². The lowest BCUT2D eigenvalue weighted by Crippen LogP contribution is -2.23. The normalized spacial score (nSPS) is 11.0. The van der Waals surface area contributed by atoms with Crippen LogP contribution in [-0.4, -0.2) is 38.5 Å². The monoisotopic (exact) mass is 239 g/mol. The van der Waals surface area contributed by atoms with Gasteiger partial charge in [0.05, 0.1) is 4.90 Å². The van der Waals surface area contributed by atoms with E-state index in [0.717, 1.165) is 4.31 Å². The Morgan fingerprint density at radius 1 is 1.31 bits per heavy atom. The molecule has 0 unspecified atom stereocenters. The maximum Gasteiger partial charge on any atom is 0.243 e. The van der Waals surface area contributed by atoms with Gasteiger partial charge in [-0.1, -0.05) is 24.0 Å². The van der Waals surface area contributed by atoms with Crippen LogP contribution in [0.15, 0.2) is 29.2 Å². The van der Waals surface area contributed by atoms with Gasteiger partial charge in [-0.15, -0.1) is 0 Å². The first-order valence-electron chi connectivity index (χ1n) is 4.61. The molecule has 0 aromatic heterocycles. The molecule has 1 aromatic rings. The molecular formula is C11H13NO3S. The van der Waals surface area contributed by atoms with Crippen LogP contribution in [0.4, 0.5) is 0 Å². The summed E-state index contributed by atoms with van der Waals surface area (Å²) in [7, 11) is -0.561. The number of hydrogen-bond acceptors (Lipinski definition) is 3. The molecule has 0 saturated carbocycles. The SMILES string of the molecule is CN(C)S(=O)(=O)c1ccccc1C#CCO. The van der Waals surface area contributed by atoms with Crippen molar-refractivity contribution >= 4 is 10.0 Å². The molecule has 0 atom stereocenters. The van der Waals surface area contributed by atoms with Gasteiger partial charge >= 0.3 is 0 Å². The molecule has 0 radical (unpaired) electrons. The van der Waals surface area contributed by atoms with Crippen molar-refractivity contribution in [3.8, 4) is 11.8 Å². The minimum Gasteiger partial charge on any atom is -0.384 e. The van der Waals surface area contributed by atoms with Gasteiger partial charge in [0.15, 0.2) is 0 Å². The Bertz CT molecular complexity index is 524. The van der Waals surface area contributed by atoms with Crippen LogP contribution in [0.25, 0.3) is 0 Å². The Morgan fingerprint density at radius 3 is 2.50 bits per heavy atom. The van der Waals surface area contributed by atoms with E-state index < -0.39 is 10.0 Å². The Kier molecular flexibility index (Phi) is 4.07. The number of nitrogens with zero attached hydrogens (tertiary/aromatic N) is 1.